The fraction of sp³-hybridized carbons (Fsp3) is 0.533. The predicted octanol–water partition coefficient (Wildman–Crippen LogP) is 0.936. The zero-order valence-electron chi connectivity index (χ0n) is 13.3. The fourth-order valence-electron chi connectivity index (χ4n) is 2.33. The molecule has 23 heavy (non-hydrogen) atoms. The van der Waals surface area contributed by atoms with Crippen LogP contribution in [0.15, 0.2) is 24.3 Å². The number of morpholine rings is 1. The van der Waals surface area contributed by atoms with Gasteiger partial charge >= 0.3 is 0 Å². The molecule has 1 N–H and O–H groups in total. The molecule has 1 amide bonds. The minimum atomic E-state index is -3.49. The summed E-state index contributed by atoms with van der Waals surface area (Å²) < 4.78 is 36.3. The number of nitrogens with zero attached hydrogens (tertiary/aromatic N) is 1. The van der Waals surface area contributed by atoms with Gasteiger partial charge < -0.3 is 14.4 Å². The van der Waals surface area contributed by atoms with Gasteiger partial charge in [-0.1, -0.05) is 6.07 Å². The number of carbonyl (C=O) groups is 1. The lowest BCUT2D eigenvalue weighted by atomic mass is 10.1. The van der Waals surface area contributed by atoms with E-state index in [1.54, 1.807) is 29.2 Å². The molecule has 0 saturated carbocycles. The second-order valence-corrected chi connectivity index (χ2v) is 7.26. The molecule has 0 aliphatic carbocycles. The quantitative estimate of drug-likeness (QED) is 0.831. The molecule has 1 atom stereocenters. The van der Waals surface area contributed by atoms with Crippen LogP contribution in [0.2, 0.25) is 0 Å². The number of nitrogens with one attached hydrogen (secondary N) is 1. The van der Waals surface area contributed by atoms with E-state index in [-0.39, 0.29) is 24.3 Å². The maximum Gasteiger partial charge on any atom is 0.254 e. The van der Waals surface area contributed by atoms with Crippen LogP contribution in [-0.2, 0) is 19.5 Å². The van der Waals surface area contributed by atoms with Gasteiger partial charge in [0.2, 0.25) is 10.0 Å². The summed E-state index contributed by atoms with van der Waals surface area (Å²) in [7, 11) is -2.05. The molecule has 7 nitrogen and oxygen atoms in total. The Morgan fingerprint density at radius 3 is 2.96 bits per heavy atom. The number of sulfonamides is 1. The summed E-state index contributed by atoms with van der Waals surface area (Å²) in [6, 6.07) is 6.50. The summed E-state index contributed by atoms with van der Waals surface area (Å²) in [5.41, 5.74) is 0.818. The van der Waals surface area contributed by atoms with Crippen LogP contribution in [-0.4, -0.2) is 64.5 Å². The number of carbonyl (C=O) groups excluding carboxylic acids is 1. The van der Waals surface area contributed by atoms with Gasteiger partial charge in [-0.05, 0) is 25.1 Å². The van der Waals surface area contributed by atoms with Crippen LogP contribution in [0.1, 0.15) is 17.3 Å². The number of hydrogen-bond acceptors (Lipinski definition) is 5. The van der Waals surface area contributed by atoms with E-state index in [4.69, 9.17) is 9.47 Å². The molecule has 1 saturated heterocycles. The third-order valence-electron chi connectivity index (χ3n) is 3.57. The van der Waals surface area contributed by atoms with Crippen LogP contribution < -0.4 is 4.72 Å². The summed E-state index contributed by atoms with van der Waals surface area (Å²) in [6.45, 7) is 3.59. The molecule has 0 spiro atoms. The van der Waals surface area contributed by atoms with E-state index in [2.05, 4.69) is 4.72 Å². The fourth-order valence-corrected chi connectivity index (χ4v) is 3.31. The average molecular weight is 342 g/mol. The van der Waals surface area contributed by atoms with Crippen LogP contribution in [0.3, 0.4) is 0 Å². The zero-order valence-corrected chi connectivity index (χ0v) is 14.1. The van der Waals surface area contributed by atoms with Crippen molar-refractivity contribution < 1.29 is 22.7 Å². The van der Waals surface area contributed by atoms with Crippen molar-refractivity contribution in [1.82, 2.24) is 4.90 Å². The zero-order chi connectivity index (χ0) is 16.9. The molecule has 1 unspecified atom stereocenters. The maximum atomic E-state index is 12.6. The second kappa shape index (κ2) is 7.76. The van der Waals surface area contributed by atoms with Crippen molar-refractivity contribution in [2.45, 2.75) is 13.0 Å². The summed E-state index contributed by atoms with van der Waals surface area (Å²) in [4.78, 5) is 14.3. The molecule has 1 aliphatic heterocycles. The van der Waals surface area contributed by atoms with E-state index in [9.17, 15) is 13.2 Å². The summed E-state index contributed by atoms with van der Waals surface area (Å²) >= 11 is 0. The van der Waals surface area contributed by atoms with E-state index in [1.165, 1.54) is 7.11 Å². The van der Waals surface area contributed by atoms with Crippen molar-refractivity contribution >= 4 is 21.6 Å². The Hall–Kier alpha value is -1.64. The highest BCUT2D eigenvalue weighted by Crippen LogP contribution is 2.17. The Labute approximate surface area is 136 Å². The first-order valence-electron chi connectivity index (χ1n) is 7.41. The molecule has 0 aromatic heterocycles. The Morgan fingerprint density at radius 1 is 1.48 bits per heavy atom. The van der Waals surface area contributed by atoms with Gasteiger partial charge in [-0.2, -0.15) is 0 Å². The molecular weight excluding hydrogens is 320 g/mol. The van der Waals surface area contributed by atoms with Gasteiger partial charge in [-0.3, -0.25) is 9.52 Å². The second-order valence-electron chi connectivity index (χ2n) is 5.42. The Kier molecular flexibility index (Phi) is 5.97. The first kappa shape index (κ1) is 17.7. The summed E-state index contributed by atoms with van der Waals surface area (Å²) in [5.74, 6) is -0.263. The molecule has 1 heterocycles. The third kappa shape index (κ3) is 4.92. The minimum absolute atomic E-state index is 0.00157. The van der Waals surface area contributed by atoms with Gasteiger partial charge in [-0.15, -0.1) is 0 Å². The highest BCUT2D eigenvalue weighted by molar-refractivity contribution is 7.92. The van der Waals surface area contributed by atoms with Crippen molar-refractivity contribution in [3.05, 3.63) is 29.8 Å². The lowest BCUT2D eigenvalue weighted by molar-refractivity contribution is 0.00360. The summed E-state index contributed by atoms with van der Waals surface area (Å²) in [6.07, 6.45) is 0. The topological polar surface area (TPSA) is 84.9 Å². The van der Waals surface area contributed by atoms with Crippen LogP contribution >= 0.6 is 0 Å². The standard InChI is InChI=1S/C15H22N2O5S/c1-12-11-22-7-6-17(12)15(18)13-4-3-5-14(10-13)16-23(19,20)9-8-21-2/h3-5,10,12,16H,6-9,11H2,1-2H3. The molecular formula is C15H22N2O5S. The molecule has 1 aliphatic rings. The molecule has 1 aromatic rings. The molecule has 128 valence electrons. The molecule has 1 fully saturated rings. The van der Waals surface area contributed by atoms with Crippen LogP contribution in [0.25, 0.3) is 0 Å². The number of hydrogen-bond donors (Lipinski definition) is 1. The number of methoxy groups -OCH3 is 1. The number of rotatable bonds is 6. The monoisotopic (exact) mass is 342 g/mol. The number of anilines is 1. The smallest absolute Gasteiger partial charge is 0.254 e. The van der Waals surface area contributed by atoms with E-state index in [1.807, 2.05) is 6.92 Å². The van der Waals surface area contributed by atoms with Gasteiger partial charge in [0.25, 0.3) is 5.91 Å². The number of ether oxygens (including phenoxy) is 2. The van der Waals surface area contributed by atoms with Gasteiger partial charge in [0.15, 0.2) is 0 Å². The van der Waals surface area contributed by atoms with Crippen molar-refractivity contribution in [1.29, 1.82) is 0 Å². The van der Waals surface area contributed by atoms with Crippen molar-refractivity contribution in [2.24, 2.45) is 0 Å². The van der Waals surface area contributed by atoms with E-state index in [0.717, 1.165) is 0 Å². The predicted molar refractivity (Wildman–Crippen MR) is 87.0 cm³/mol. The Bertz CT molecular complexity index is 647. The van der Waals surface area contributed by atoms with Crippen molar-refractivity contribution in [3.63, 3.8) is 0 Å². The van der Waals surface area contributed by atoms with Crippen LogP contribution in [0, 0.1) is 0 Å². The molecule has 0 radical (unpaired) electrons. The third-order valence-corrected chi connectivity index (χ3v) is 4.82. The van der Waals surface area contributed by atoms with Crippen LogP contribution in [0.4, 0.5) is 5.69 Å². The first-order chi connectivity index (χ1) is 10.9. The number of benzene rings is 1. The lowest BCUT2D eigenvalue weighted by Gasteiger charge is -2.33. The van der Waals surface area contributed by atoms with Crippen molar-refractivity contribution in [3.8, 4) is 0 Å². The lowest BCUT2D eigenvalue weighted by Crippen LogP contribution is -2.47. The summed E-state index contributed by atoms with van der Waals surface area (Å²) in [5, 5.41) is 0. The SMILES string of the molecule is COCCS(=O)(=O)Nc1cccc(C(=O)N2CCOCC2C)c1. The largest absolute Gasteiger partial charge is 0.384 e. The molecule has 8 heteroatoms. The average Bonchev–Trinajstić information content (AvgIpc) is 2.53. The van der Waals surface area contributed by atoms with Gasteiger partial charge in [-0.25, -0.2) is 8.42 Å². The Balaban J connectivity index is 2.11. The maximum absolute atomic E-state index is 12.6. The highest BCUT2D eigenvalue weighted by atomic mass is 32.2. The van der Waals surface area contributed by atoms with Crippen LogP contribution in [0.5, 0.6) is 0 Å². The molecule has 2 rings (SSSR count). The van der Waals surface area contributed by atoms with Gasteiger partial charge in [0.05, 0.1) is 31.6 Å². The van der Waals surface area contributed by atoms with Gasteiger partial charge in [0, 0.05) is 24.9 Å². The first-order valence-corrected chi connectivity index (χ1v) is 9.06. The van der Waals surface area contributed by atoms with E-state index in [0.29, 0.717) is 31.0 Å². The van der Waals surface area contributed by atoms with E-state index >= 15 is 0 Å². The molecule has 0 bridgehead atoms. The van der Waals surface area contributed by atoms with Gasteiger partial charge in [0.1, 0.15) is 0 Å². The highest BCUT2D eigenvalue weighted by Gasteiger charge is 2.25. The normalized spacial score (nSPS) is 18.7. The minimum Gasteiger partial charge on any atom is -0.384 e. The van der Waals surface area contributed by atoms with Crippen molar-refractivity contribution in [2.75, 3.05) is 44.0 Å². The Morgan fingerprint density at radius 2 is 2.26 bits per heavy atom. The van der Waals surface area contributed by atoms with E-state index < -0.39 is 10.0 Å². The number of amides is 1. The molecule has 1 aromatic carbocycles.